The zero-order valence-electron chi connectivity index (χ0n) is 17.3. The second kappa shape index (κ2) is 8.39. The molecular formula is C24H28Cl2N2S. The van der Waals surface area contributed by atoms with Crippen LogP contribution in [0.4, 0.5) is 0 Å². The van der Waals surface area contributed by atoms with Crippen LogP contribution < -0.4 is 0 Å². The van der Waals surface area contributed by atoms with Gasteiger partial charge in [-0.15, -0.1) is 0 Å². The third-order valence-electron chi connectivity index (χ3n) is 5.89. The van der Waals surface area contributed by atoms with E-state index in [1.165, 1.54) is 47.1 Å². The summed E-state index contributed by atoms with van der Waals surface area (Å²) in [6, 6.07) is 18.5. The van der Waals surface area contributed by atoms with E-state index in [0.717, 1.165) is 22.3 Å². The molecule has 2 heterocycles. The summed E-state index contributed by atoms with van der Waals surface area (Å²) >= 11 is 12.3. The van der Waals surface area contributed by atoms with Gasteiger partial charge in [0.05, 0.1) is 5.69 Å². The Labute approximate surface area is 185 Å². The van der Waals surface area contributed by atoms with E-state index < -0.39 is 0 Å². The minimum absolute atomic E-state index is 0.387. The van der Waals surface area contributed by atoms with Crippen molar-refractivity contribution in [3.8, 4) is 16.9 Å². The molecular weight excluding hydrogens is 419 g/mol. The average Bonchev–Trinajstić information content (AvgIpc) is 3.01. The predicted molar refractivity (Wildman–Crippen MR) is 130 cm³/mol. The summed E-state index contributed by atoms with van der Waals surface area (Å²) in [5.41, 5.74) is 6.17. The molecule has 154 valence electrons. The fourth-order valence-corrected chi connectivity index (χ4v) is 5.90. The minimum atomic E-state index is -0.387. The average molecular weight is 447 g/mol. The van der Waals surface area contributed by atoms with Crippen LogP contribution in [0.2, 0.25) is 10.0 Å². The highest BCUT2D eigenvalue weighted by Crippen LogP contribution is 2.42. The number of rotatable bonds is 4. The Bertz CT molecular complexity index is 981. The molecule has 1 aliphatic heterocycles. The van der Waals surface area contributed by atoms with Crippen molar-refractivity contribution in [3.05, 3.63) is 75.9 Å². The number of hydrogen-bond donors (Lipinski definition) is 0. The lowest BCUT2D eigenvalue weighted by atomic mass is 10.1. The summed E-state index contributed by atoms with van der Waals surface area (Å²) in [6.07, 6.45) is 4.93. The molecule has 0 aliphatic carbocycles. The first-order chi connectivity index (χ1) is 13.8. The van der Waals surface area contributed by atoms with Crippen molar-refractivity contribution in [2.45, 2.75) is 13.5 Å². The van der Waals surface area contributed by atoms with E-state index in [1.54, 1.807) is 0 Å². The van der Waals surface area contributed by atoms with Crippen LogP contribution in [0.1, 0.15) is 11.3 Å². The third-order valence-corrected chi connectivity index (χ3v) is 8.97. The molecule has 1 fully saturated rings. The first kappa shape index (κ1) is 20.9. The number of hydrogen-bond acceptors (Lipinski definition) is 1. The van der Waals surface area contributed by atoms with Gasteiger partial charge < -0.3 is 4.57 Å². The van der Waals surface area contributed by atoms with Gasteiger partial charge in [-0.05, 0) is 84.5 Å². The monoisotopic (exact) mass is 446 g/mol. The maximum atomic E-state index is 6.14. The lowest BCUT2D eigenvalue weighted by molar-refractivity contribution is 0.292. The number of halogens is 2. The van der Waals surface area contributed by atoms with Crippen molar-refractivity contribution >= 4 is 33.2 Å². The molecule has 1 aromatic heterocycles. The summed E-state index contributed by atoms with van der Waals surface area (Å²) in [5.74, 6) is 2.68. The van der Waals surface area contributed by atoms with Crippen molar-refractivity contribution in [2.75, 3.05) is 37.1 Å². The van der Waals surface area contributed by atoms with E-state index in [2.05, 4.69) is 59.2 Å². The molecule has 3 aromatic rings. The molecule has 4 rings (SSSR count). The van der Waals surface area contributed by atoms with Crippen LogP contribution in [-0.4, -0.2) is 46.6 Å². The molecule has 0 amide bonds. The van der Waals surface area contributed by atoms with Crippen LogP contribution in [0, 0.1) is 6.92 Å². The molecule has 5 heteroatoms. The molecule has 29 heavy (non-hydrogen) atoms. The fourth-order valence-electron chi connectivity index (χ4n) is 3.94. The van der Waals surface area contributed by atoms with Gasteiger partial charge in [-0.1, -0.05) is 35.3 Å². The molecule has 0 unspecified atom stereocenters. The number of nitrogens with zero attached hydrogens (tertiary/aromatic N) is 2. The highest BCUT2D eigenvalue weighted by Gasteiger charge is 2.23. The van der Waals surface area contributed by atoms with Gasteiger partial charge in [0.1, 0.15) is 0 Å². The van der Waals surface area contributed by atoms with E-state index in [0.29, 0.717) is 0 Å². The predicted octanol–water partition coefficient (Wildman–Crippen LogP) is 6.64. The SMILES string of the molecule is Cc1c(CN2CCS(C)(C)CC2)cc(-c2ccc(Cl)cc2)n1-c1ccc(Cl)cc1. The van der Waals surface area contributed by atoms with Gasteiger partial charge in [-0.3, -0.25) is 4.90 Å². The number of aromatic nitrogens is 1. The second-order valence-electron chi connectivity index (χ2n) is 8.41. The van der Waals surface area contributed by atoms with E-state index in [-0.39, 0.29) is 10.0 Å². The first-order valence-electron chi connectivity index (χ1n) is 9.96. The number of benzene rings is 2. The third kappa shape index (κ3) is 4.69. The summed E-state index contributed by atoms with van der Waals surface area (Å²) in [6.45, 7) is 5.62. The highest BCUT2D eigenvalue weighted by atomic mass is 35.5. The van der Waals surface area contributed by atoms with Crippen molar-refractivity contribution < 1.29 is 0 Å². The van der Waals surface area contributed by atoms with Crippen LogP contribution in [0.15, 0.2) is 54.6 Å². The minimum Gasteiger partial charge on any atom is -0.314 e. The quantitative estimate of drug-likeness (QED) is 0.435. The maximum Gasteiger partial charge on any atom is 0.0534 e. The van der Waals surface area contributed by atoms with Gasteiger partial charge in [-0.25, -0.2) is 10.0 Å². The molecule has 0 saturated carbocycles. The van der Waals surface area contributed by atoms with Crippen molar-refractivity contribution in [1.82, 2.24) is 9.47 Å². The molecule has 0 bridgehead atoms. The van der Waals surface area contributed by atoms with Gasteiger partial charge >= 0.3 is 0 Å². The zero-order chi connectivity index (χ0) is 20.6. The zero-order valence-corrected chi connectivity index (χ0v) is 19.6. The van der Waals surface area contributed by atoms with E-state index in [4.69, 9.17) is 23.2 Å². The summed E-state index contributed by atoms with van der Waals surface area (Å²) < 4.78 is 2.34. The lowest BCUT2D eigenvalue weighted by Crippen LogP contribution is -2.37. The molecule has 1 saturated heterocycles. The van der Waals surface area contributed by atoms with E-state index in [9.17, 15) is 0 Å². The van der Waals surface area contributed by atoms with Crippen molar-refractivity contribution in [1.29, 1.82) is 0 Å². The summed E-state index contributed by atoms with van der Waals surface area (Å²) in [4.78, 5) is 2.61. The van der Waals surface area contributed by atoms with Crippen LogP contribution in [0.3, 0.4) is 0 Å². The smallest absolute Gasteiger partial charge is 0.0534 e. The highest BCUT2D eigenvalue weighted by molar-refractivity contribution is 8.32. The van der Waals surface area contributed by atoms with Crippen LogP contribution in [0.5, 0.6) is 0 Å². The molecule has 2 nitrogen and oxygen atoms in total. The molecule has 0 spiro atoms. The van der Waals surface area contributed by atoms with E-state index in [1.807, 2.05) is 24.3 Å². The summed E-state index contributed by atoms with van der Waals surface area (Å²) in [5, 5.41) is 1.51. The first-order valence-corrected chi connectivity index (χ1v) is 13.5. The molecule has 1 aliphatic rings. The second-order valence-corrected chi connectivity index (χ2v) is 13.6. The Morgan fingerprint density at radius 3 is 2.00 bits per heavy atom. The van der Waals surface area contributed by atoms with Crippen LogP contribution in [0.25, 0.3) is 16.9 Å². The van der Waals surface area contributed by atoms with Gasteiger partial charge in [-0.2, -0.15) is 0 Å². The van der Waals surface area contributed by atoms with Crippen LogP contribution >= 0.6 is 33.2 Å². The van der Waals surface area contributed by atoms with Crippen molar-refractivity contribution in [3.63, 3.8) is 0 Å². The van der Waals surface area contributed by atoms with Crippen LogP contribution in [-0.2, 0) is 6.54 Å². The Morgan fingerprint density at radius 1 is 0.862 bits per heavy atom. The Morgan fingerprint density at radius 2 is 1.41 bits per heavy atom. The Balaban J connectivity index is 1.72. The molecule has 2 aromatic carbocycles. The maximum absolute atomic E-state index is 6.14. The van der Waals surface area contributed by atoms with E-state index >= 15 is 0 Å². The fraction of sp³-hybridized carbons (Fsp3) is 0.333. The van der Waals surface area contributed by atoms with Gasteiger partial charge in [0.15, 0.2) is 0 Å². The Kier molecular flexibility index (Phi) is 6.04. The Hall–Kier alpha value is -1.39. The molecule has 0 N–H and O–H groups in total. The normalized spacial score (nSPS) is 18.0. The largest absolute Gasteiger partial charge is 0.314 e. The molecule has 0 radical (unpaired) electrons. The standard InChI is InChI=1S/C24H28Cl2N2S/c1-18-20(17-27-12-14-29(2,3)15-13-27)16-24(19-4-6-21(25)7-5-19)28(18)23-10-8-22(26)9-11-23/h4-11,16H,12-15,17H2,1-3H3. The molecule has 0 atom stereocenters. The summed E-state index contributed by atoms with van der Waals surface area (Å²) in [7, 11) is -0.387. The topological polar surface area (TPSA) is 8.17 Å². The van der Waals surface area contributed by atoms with Crippen molar-refractivity contribution in [2.24, 2.45) is 0 Å². The van der Waals surface area contributed by atoms with Gasteiger partial charge in [0, 0.05) is 41.1 Å². The van der Waals surface area contributed by atoms with Gasteiger partial charge in [0.25, 0.3) is 0 Å². The lowest BCUT2D eigenvalue weighted by Gasteiger charge is -2.41. The van der Waals surface area contributed by atoms with Gasteiger partial charge in [0.2, 0.25) is 0 Å².